The second-order valence-corrected chi connectivity index (χ2v) is 5.49. The van der Waals surface area contributed by atoms with Crippen molar-refractivity contribution in [1.29, 1.82) is 0 Å². The van der Waals surface area contributed by atoms with Crippen LogP contribution in [0.25, 0.3) is 11.3 Å². The lowest BCUT2D eigenvalue weighted by Gasteiger charge is -2.04. The molecule has 0 aliphatic carbocycles. The van der Waals surface area contributed by atoms with Crippen molar-refractivity contribution in [3.63, 3.8) is 0 Å². The minimum atomic E-state index is -0.496. The molecule has 3 aromatic rings. The van der Waals surface area contributed by atoms with Crippen LogP contribution in [0.5, 0.6) is 0 Å². The van der Waals surface area contributed by atoms with E-state index in [1.165, 1.54) is 18.2 Å². The van der Waals surface area contributed by atoms with Crippen molar-refractivity contribution in [3.05, 3.63) is 82.6 Å². The van der Waals surface area contributed by atoms with Crippen LogP contribution in [0.15, 0.2) is 71.1 Å². The van der Waals surface area contributed by atoms with Gasteiger partial charge < -0.3 is 9.73 Å². The van der Waals surface area contributed by atoms with Gasteiger partial charge in [-0.05, 0) is 18.2 Å². The van der Waals surface area contributed by atoms with Gasteiger partial charge in [0, 0.05) is 36.2 Å². The standard InChI is InChI=1S/C19H16N2O4/c22-19(20-15-7-4-8-16(13-15)21(23)24)12-10-17-9-11-18(25-17)14-5-2-1-3-6-14/h1-9,11,13H,10,12H2,(H,20,22). The number of rotatable bonds is 6. The minimum absolute atomic E-state index is 0.0589. The van der Waals surface area contributed by atoms with Crippen molar-refractivity contribution in [1.82, 2.24) is 0 Å². The molecule has 0 unspecified atom stereocenters. The molecule has 1 amide bonds. The Labute approximate surface area is 144 Å². The summed E-state index contributed by atoms with van der Waals surface area (Å²) in [6.45, 7) is 0. The molecule has 0 spiro atoms. The molecule has 6 heteroatoms. The number of hydrogen-bond donors (Lipinski definition) is 1. The smallest absolute Gasteiger partial charge is 0.271 e. The third kappa shape index (κ3) is 4.32. The van der Waals surface area contributed by atoms with E-state index in [0.29, 0.717) is 17.9 Å². The number of carbonyl (C=O) groups is 1. The highest BCUT2D eigenvalue weighted by atomic mass is 16.6. The Morgan fingerprint density at radius 3 is 2.60 bits per heavy atom. The highest BCUT2D eigenvalue weighted by Gasteiger charge is 2.10. The summed E-state index contributed by atoms with van der Waals surface area (Å²) in [5, 5.41) is 13.4. The number of furan rings is 1. The van der Waals surface area contributed by atoms with Crippen LogP contribution in [0, 0.1) is 10.1 Å². The molecule has 6 nitrogen and oxygen atoms in total. The zero-order valence-corrected chi connectivity index (χ0v) is 13.3. The topological polar surface area (TPSA) is 85.4 Å². The molecule has 2 aromatic carbocycles. The van der Waals surface area contributed by atoms with E-state index in [1.807, 2.05) is 42.5 Å². The fraction of sp³-hybridized carbons (Fsp3) is 0.105. The first-order valence-corrected chi connectivity index (χ1v) is 7.80. The Balaban J connectivity index is 1.57. The summed E-state index contributed by atoms with van der Waals surface area (Å²) in [4.78, 5) is 22.3. The van der Waals surface area contributed by atoms with E-state index in [4.69, 9.17) is 4.42 Å². The summed E-state index contributed by atoms with van der Waals surface area (Å²) >= 11 is 0. The number of hydrogen-bond acceptors (Lipinski definition) is 4. The van der Waals surface area contributed by atoms with Crippen LogP contribution in [-0.4, -0.2) is 10.8 Å². The van der Waals surface area contributed by atoms with Gasteiger partial charge in [0.25, 0.3) is 5.69 Å². The van der Waals surface area contributed by atoms with E-state index in [9.17, 15) is 14.9 Å². The Kier molecular flexibility index (Phi) is 4.89. The van der Waals surface area contributed by atoms with Gasteiger partial charge in [-0.2, -0.15) is 0 Å². The van der Waals surface area contributed by atoms with E-state index in [2.05, 4.69) is 5.32 Å². The molecule has 0 atom stereocenters. The minimum Gasteiger partial charge on any atom is -0.461 e. The van der Waals surface area contributed by atoms with Crippen LogP contribution in [0.4, 0.5) is 11.4 Å². The Bertz CT molecular complexity index is 887. The molecule has 126 valence electrons. The third-order valence-corrected chi connectivity index (χ3v) is 3.66. The summed E-state index contributed by atoms with van der Waals surface area (Å²) in [5.74, 6) is 1.25. The molecular formula is C19H16N2O4. The monoisotopic (exact) mass is 336 g/mol. The predicted octanol–water partition coefficient (Wildman–Crippen LogP) is 4.43. The van der Waals surface area contributed by atoms with Crippen LogP contribution in [0.1, 0.15) is 12.2 Å². The number of nitro benzene ring substituents is 1. The fourth-order valence-corrected chi connectivity index (χ4v) is 2.43. The van der Waals surface area contributed by atoms with Crippen LogP contribution >= 0.6 is 0 Å². The van der Waals surface area contributed by atoms with Gasteiger partial charge in [-0.1, -0.05) is 36.4 Å². The lowest BCUT2D eigenvalue weighted by molar-refractivity contribution is -0.384. The quantitative estimate of drug-likeness (QED) is 0.533. The number of carbonyl (C=O) groups excluding carboxylic acids is 1. The van der Waals surface area contributed by atoms with Crippen molar-refractivity contribution in [3.8, 4) is 11.3 Å². The van der Waals surface area contributed by atoms with Crippen molar-refractivity contribution >= 4 is 17.3 Å². The van der Waals surface area contributed by atoms with Crippen molar-refractivity contribution < 1.29 is 14.1 Å². The highest BCUT2D eigenvalue weighted by molar-refractivity contribution is 5.91. The number of anilines is 1. The highest BCUT2D eigenvalue weighted by Crippen LogP contribution is 2.22. The van der Waals surface area contributed by atoms with Gasteiger partial charge in [0.1, 0.15) is 11.5 Å². The zero-order valence-electron chi connectivity index (χ0n) is 13.3. The lowest BCUT2D eigenvalue weighted by atomic mass is 10.2. The molecule has 0 fully saturated rings. The maximum Gasteiger partial charge on any atom is 0.271 e. The molecule has 0 saturated heterocycles. The lowest BCUT2D eigenvalue weighted by Crippen LogP contribution is -2.12. The average molecular weight is 336 g/mol. The van der Waals surface area contributed by atoms with Gasteiger partial charge >= 0.3 is 0 Å². The Morgan fingerprint density at radius 1 is 1.04 bits per heavy atom. The number of nitrogens with zero attached hydrogens (tertiary/aromatic N) is 1. The van der Waals surface area contributed by atoms with Gasteiger partial charge in [0.2, 0.25) is 5.91 Å². The molecule has 25 heavy (non-hydrogen) atoms. The molecule has 0 saturated carbocycles. The van der Waals surface area contributed by atoms with Crippen molar-refractivity contribution in [2.24, 2.45) is 0 Å². The molecule has 1 N–H and O–H groups in total. The molecule has 1 aromatic heterocycles. The fourth-order valence-electron chi connectivity index (χ4n) is 2.43. The second kappa shape index (κ2) is 7.44. The maximum absolute atomic E-state index is 12.0. The van der Waals surface area contributed by atoms with Crippen LogP contribution < -0.4 is 5.32 Å². The van der Waals surface area contributed by atoms with Gasteiger partial charge in [-0.15, -0.1) is 0 Å². The zero-order chi connectivity index (χ0) is 17.6. The molecular weight excluding hydrogens is 320 g/mol. The first-order chi connectivity index (χ1) is 12.1. The Hall–Kier alpha value is -3.41. The second-order valence-electron chi connectivity index (χ2n) is 5.49. The van der Waals surface area contributed by atoms with Crippen LogP contribution in [0.3, 0.4) is 0 Å². The van der Waals surface area contributed by atoms with Crippen LogP contribution in [0.2, 0.25) is 0 Å². The number of aryl methyl sites for hydroxylation is 1. The Morgan fingerprint density at radius 2 is 1.84 bits per heavy atom. The number of amides is 1. The summed E-state index contributed by atoms with van der Waals surface area (Å²) < 4.78 is 5.75. The molecule has 0 aliphatic rings. The normalized spacial score (nSPS) is 10.4. The predicted molar refractivity (Wildman–Crippen MR) is 94.2 cm³/mol. The molecule has 0 bridgehead atoms. The van der Waals surface area contributed by atoms with E-state index in [0.717, 1.165) is 11.3 Å². The van der Waals surface area contributed by atoms with Gasteiger partial charge in [0.15, 0.2) is 0 Å². The average Bonchev–Trinajstić information content (AvgIpc) is 3.10. The summed E-state index contributed by atoms with van der Waals surface area (Å²) in [7, 11) is 0. The van der Waals surface area contributed by atoms with Crippen molar-refractivity contribution in [2.75, 3.05) is 5.32 Å². The first kappa shape index (κ1) is 16.4. The van der Waals surface area contributed by atoms with Crippen molar-refractivity contribution in [2.45, 2.75) is 12.8 Å². The molecule has 0 radical (unpaired) electrons. The summed E-state index contributed by atoms with van der Waals surface area (Å²) in [6, 6.07) is 19.3. The maximum atomic E-state index is 12.0. The summed E-state index contributed by atoms with van der Waals surface area (Å²) in [5.41, 5.74) is 1.33. The first-order valence-electron chi connectivity index (χ1n) is 7.80. The third-order valence-electron chi connectivity index (χ3n) is 3.66. The molecule has 3 rings (SSSR count). The largest absolute Gasteiger partial charge is 0.461 e. The van der Waals surface area contributed by atoms with E-state index >= 15 is 0 Å². The number of nitro groups is 1. The number of non-ortho nitro benzene ring substituents is 1. The SMILES string of the molecule is O=C(CCc1ccc(-c2ccccc2)o1)Nc1cccc([N+](=O)[O-])c1. The number of nitrogens with one attached hydrogen (secondary N) is 1. The molecule has 0 aliphatic heterocycles. The van der Waals surface area contributed by atoms with E-state index in [-0.39, 0.29) is 18.0 Å². The molecule has 1 heterocycles. The van der Waals surface area contributed by atoms with Gasteiger partial charge in [-0.3, -0.25) is 14.9 Å². The number of benzene rings is 2. The van der Waals surface area contributed by atoms with Gasteiger partial charge in [0.05, 0.1) is 4.92 Å². The van der Waals surface area contributed by atoms with Gasteiger partial charge in [-0.25, -0.2) is 0 Å². The van der Waals surface area contributed by atoms with E-state index < -0.39 is 4.92 Å². The van der Waals surface area contributed by atoms with Crippen LogP contribution in [-0.2, 0) is 11.2 Å². The van der Waals surface area contributed by atoms with E-state index in [1.54, 1.807) is 6.07 Å². The summed E-state index contributed by atoms with van der Waals surface area (Å²) in [6.07, 6.45) is 0.679.